The van der Waals surface area contributed by atoms with Crippen LogP contribution in [-0.2, 0) is 4.74 Å². The fourth-order valence-electron chi connectivity index (χ4n) is 1.15. The van der Waals surface area contributed by atoms with Crippen LogP contribution in [0.4, 0.5) is 0 Å². The summed E-state index contributed by atoms with van der Waals surface area (Å²) in [5.74, 6) is 0.831. The Labute approximate surface area is 69.1 Å². The number of hydrogen-bond acceptors (Lipinski definition) is 2. The van der Waals surface area contributed by atoms with Crippen LogP contribution in [0, 0.1) is 5.92 Å². The average molecular weight is 157 g/mol. The number of ether oxygens (including phenoxy) is 1. The Morgan fingerprint density at radius 3 is 2.45 bits per heavy atom. The van der Waals surface area contributed by atoms with Crippen LogP contribution in [0.1, 0.15) is 33.1 Å². The first-order chi connectivity index (χ1) is 5.08. The van der Waals surface area contributed by atoms with Crippen LogP contribution in [-0.4, -0.2) is 18.8 Å². The van der Waals surface area contributed by atoms with Gasteiger partial charge in [0.25, 0.3) is 0 Å². The lowest BCUT2D eigenvalue weighted by Crippen LogP contribution is -2.38. The standard InChI is InChI=1S/C9H19NO/c1-9(2,10)7-11-6-8-4-3-5-8/h8H,3-7,10H2,1-2H3. The second-order valence-corrected chi connectivity index (χ2v) is 4.30. The van der Waals surface area contributed by atoms with Crippen LogP contribution in [0.5, 0.6) is 0 Å². The van der Waals surface area contributed by atoms with Crippen molar-refractivity contribution in [2.45, 2.75) is 38.6 Å². The van der Waals surface area contributed by atoms with E-state index in [0.717, 1.165) is 12.5 Å². The smallest absolute Gasteiger partial charge is 0.0640 e. The minimum atomic E-state index is -0.163. The first-order valence-electron chi connectivity index (χ1n) is 4.44. The third-order valence-corrected chi connectivity index (χ3v) is 2.05. The van der Waals surface area contributed by atoms with Crippen LogP contribution < -0.4 is 5.73 Å². The van der Waals surface area contributed by atoms with Crippen LogP contribution in [0.25, 0.3) is 0 Å². The van der Waals surface area contributed by atoms with E-state index in [1.807, 2.05) is 13.8 Å². The number of nitrogens with two attached hydrogens (primary N) is 1. The van der Waals surface area contributed by atoms with Gasteiger partial charge < -0.3 is 10.5 Å². The molecule has 0 aromatic heterocycles. The van der Waals surface area contributed by atoms with E-state index >= 15 is 0 Å². The molecule has 0 aromatic carbocycles. The van der Waals surface area contributed by atoms with Gasteiger partial charge in [0.15, 0.2) is 0 Å². The highest BCUT2D eigenvalue weighted by atomic mass is 16.5. The van der Waals surface area contributed by atoms with E-state index in [9.17, 15) is 0 Å². The second kappa shape index (κ2) is 3.55. The normalized spacial score (nSPS) is 19.9. The molecule has 1 saturated carbocycles. The molecule has 2 N–H and O–H groups in total. The molecule has 0 saturated heterocycles. The Kier molecular flexibility index (Phi) is 2.90. The van der Waals surface area contributed by atoms with E-state index in [2.05, 4.69) is 0 Å². The lowest BCUT2D eigenvalue weighted by atomic mass is 9.86. The monoisotopic (exact) mass is 157 g/mol. The molecule has 0 unspecified atom stereocenters. The zero-order valence-corrected chi connectivity index (χ0v) is 7.60. The van der Waals surface area contributed by atoms with E-state index in [4.69, 9.17) is 10.5 Å². The molecule has 0 heterocycles. The van der Waals surface area contributed by atoms with Gasteiger partial charge in [-0.15, -0.1) is 0 Å². The lowest BCUT2D eigenvalue weighted by molar-refractivity contribution is 0.0467. The molecule has 1 aliphatic carbocycles. The third kappa shape index (κ3) is 3.73. The highest BCUT2D eigenvalue weighted by Gasteiger charge is 2.18. The SMILES string of the molecule is CC(C)(N)COCC1CCC1. The Balaban J connectivity index is 1.95. The van der Waals surface area contributed by atoms with Crippen molar-refractivity contribution in [3.8, 4) is 0 Å². The highest BCUT2D eigenvalue weighted by Crippen LogP contribution is 2.26. The molecule has 1 aliphatic rings. The molecule has 66 valence electrons. The molecule has 2 heteroatoms. The van der Waals surface area contributed by atoms with Crippen molar-refractivity contribution in [1.82, 2.24) is 0 Å². The Morgan fingerprint density at radius 1 is 1.45 bits per heavy atom. The van der Waals surface area contributed by atoms with Crippen LogP contribution in [0.15, 0.2) is 0 Å². The van der Waals surface area contributed by atoms with Crippen molar-refractivity contribution in [2.24, 2.45) is 11.7 Å². The quantitative estimate of drug-likeness (QED) is 0.672. The number of rotatable bonds is 4. The van der Waals surface area contributed by atoms with Gasteiger partial charge in [0.05, 0.1) is 6.61 Å². The average Bonchev–Trinajstić information content (AvgIpc) is 1.73. The maximum absolute atomic E-state index is 5.76. The Hall–Kier alpha value is -0.0800. The molecule has 0 bridgehead atoms. The molecular formula is C9H19NO. The summed E-state index contributed by atoms with van der Waals surface area (Å²) in [6.45, 7) is 5.59. The molecule has 1 rings (SSSR count). The zero-order valence-electron chi connectivity index (χ0n) is 7.60. The van der Waals surface area contributed by atoms with E-state index < -0.39 is 0 Å². The summed E-state index contributed by atoms with van der Waals surface area (Å²) in [6.07, 6.45) is 4.09. The first kappa shape index (κ1) is 9.01. The summed E-state index contributed by atoms with van der Waals surface area (Å²) < 4.78 is 5.48. The van der Waals surface area contributed by atoms with Gasteiger partial charge in [0, 0.05) is 12.1 Å². The van der Waals surface area contributed by atoms with Gasteiger partial charge in [-0.25, -0.2) is 0 Å². The highest BCUT2D eigenvalue weighted by molar-refractivity contribution is 4.72. The van der Waals surface area contributed by atoms with Gasteiger partial charge >= 0.3 is 0 Å². The summed E-state index contributed by atoms with van der Waals surface area (Å²) in [6, 6.07) is 0. The summed E-state index contributed by atoms with van der Waals surface area (Å²) in [4.78, 5) is 0. The van der Waals surface area contributed by atoms with Crippen molar-refractivity contribution in [3.05, 3.63) is 0 Å². The van der Waals surface area contributed by atoms with Crippen molar-refractivity contribution in [1.29, 1.82) is 0 Å². The molecule has 1 fully saturated rings. The van der Waals surface area contributed by atoms with Crippen LogP contribution >= 0.6 is 0 Å². The van der Waals surface area contributed by atoms with E-state index in [0.29, 0.717) is 6.61 Å². The molecule has 0 aliphatic heterocycles. The summed E-state index contributed by atoms with van der Waals surface area (Å²) in [5.41, 5.74) is 5.59. The molecule has 0 radical (unpaired) electrons. The molecule has 0 spiro atoms. The van der Waals surface area contributed by atoms with Crippen molar-refractivity contribution in [2.75, 3.05) is 13.2 Å². The molecule has 2 nitrogen and oxygen atoms in total. The molecule has 0 atom stereocenters. The fourth-order valence-corrected chi connectivity index (χ4v) is 1.15. The Morgan fingerprint density at radius 2 is 2.09 bits per heavy atom. The van der Waals surface area contributed by atoms with Crippen LogP contribution in [0.3, 0.4) is 0 Å². The van der Waals surface area contributed by atoms with Crippen LogP contribution in [0.2, 0.25) is 0 Å². The van der Waals surface area contributed by atoms with Gasteiger partial charge in [-0.2, -0.15) is 0 Å². The van der Waals surface area contributed by atoms with Gasteiger partial charge in [-0.05, 0) is 32.6 Å². The zero-order chi connectivity index (χ0) is 8.32. The van der Waals surface area contributed by atoms with Crippen molar-refractivity contribution in [3.63, 3.8) is 0 Å². The minimum absolute atomic E-state index is 0.163. The molecule has 11 heavy (non-hydrogen) atoms. The summed E-state index contributed by atoms with van der Waals surface area (Å²) >= 11 is 0. The third-order valence-electron chi connectivity index (χ3n) is 2.05. The first-order valence-corrected chi connectivity index (χ1v) is 4.44. The van der Waals surface area contributed by atoms with Gasteiger partial charge in [-0.3, -0.25) is 0 Å². The second-order valence-electron chi connectivity index (χ2n) is 4.30. The summed E-state index contributed by atoms with van der Waals surface area (Å²) in [7, 11) is 0. The predicted molar refractivity (Wildman–Crippen MR) is 46.4 cm³/mol. The van der Waals surface area contributed by atoms with E-state index in [1.165, 1.54) is 19.3 Å². The maximum Gasteiger partial charge on any atom is 0.0640 e. The summed E-state index contributed by atoms with van der Waals surface area (Å²) in [5, 5.41) is 0. The lowest BCUT2D eigenvalue weighted by Gasteiger charge is -2.27. The van der Waals surface area contributed by atoms with Gasteiger partial charge in [0.2, 0.25) is 0 Å². The van der Waals surface area contributed by atoms with Gasteiger partial charge in [0.1, 0.15) is 0 Å². The largest absolute Gasteiger partial charge is 0.379 e. The molecule has 0 aromatic rings. The fraction of sp³-hybridized carbons (Fsp3) is 1.00. The molecular weight excluding hydrogens is 138 g/mol. The van der Waals surface area contributed by atoms with Gasteiger partial charge in [-0.1, -0.05) is 6.42 Å². The van der Waals surface area contributed by atoms with E-state index in [1.54, 1.807) is 0 Å². The van der Waals surface area contributed by atoms with Crippen molar-refractivity contribution >= 4 is 0 Å². The number of hydrogen-bond donors (Lipinski definition) is 1. The Bertz CT molecular complexity index is 113. The van der Waals surface area contributed by atoms with Crippen molar-refractivity contribution < 1.29 is 4.74 Å². The molecule has 0 amide bonds. The minimum Gasteiger partial charge on any atom is -0.379 e. The topological polar surface area (TPSA) is 35.2 Å². The van der Waals surface area contributed by atoms with E-state index in [-0.39, 0.29) is 5.54 Å². The predicted octanol–water partition coefficient (Wildman–Crippen LogP) is 1.54. The maximum atomic E-state index is 5.76.